The molecule has 0 saturated heterocycles. The summed E-state index contributed by atoms with van der Waals surface area (Å²) in [6.07, 6.45) is 7.89. The van der Waals surface area contributed by atoms with Crippen molar-refractivity contribution in [2.75, 3.05) is 0 Å². The Morgan fingerprint density at radius 2 is 0.805 bits per heavy atom. The molecular weight excluding hydrogens is 492 g/mol. The van der Waals surface area contributed by atoms with Gasteiger partial charge in [0.05, 0.1) is 0 Å². The minimum atomic E-state index is 0.990. The van der Waals surface area contributed by atoms with Crippen molar-refractivity contribution in [2.24, 2.45) is 0 Å². The fourth-order valence-electron chi connectivity index (χ4n) is 6.70. The molecule has 0 radical (unpaired) electrons. The van der Waals surface area contributed by atoms with Gasteiger partial charge in [0.1, 0.15) is 0 Å². The van der Waals surface area contributed by atoms with Crippen molar-refractivity contribution >= 4 is 37.9 Å². The molecule has 0 atom stereocenters. The third-order valence-electron chi connectivity index (χ3n) is 8.46. The normalized spacial score (nSPS) is 12.8. The zero-order valence-electron chi connectivity index (χ0n) is 22.7. The monoisotopic (exact) mass is 520 g/mol. The SMILES string of the molecule is C1=CC(c2c3ccccc3c(-c3c(-c4ccccc4)cc(-c4ccccc4)c4ccccc34)c3ccccc23)=CC1. The zero-order valence-corrected chi connectivity index (χ0v) is 22.7. The van der Waals surface area contributed by atoms with Gasteiger partial charge >= 0.3 is 0 Å². The van der Waals surface area contributed by atoms with Crippen molar-refractivity contribution in [1.82, 2.24) is 0 Å². The number of allylic oxidation sites excluding steroid dienone is 4. The van der Waals surface area contributed by atoms with Crippen molar-refractivity contribution in [1.29, 1.82) is 0 Å². The lowest BCUT2D eigenvalue weighted by molar-refractivity contribution is 1.45. The van der Waals surface area contributed by atoms with Crippen molar-refractivity contribution < 1.29 is 0 Å². The van der Waals surface area contributed by atoms with Crippen molar-refractivity contribution in [3.63, 3.8) is 0 Å². The van der Waals surface area contributed by atoms with Crippen LogP contribution in [0, 0.1) is 0 Å². The van der Waals surface area contributed by atoms with E-state index in [9.17, 15) is 0 Å². The van der Waals surface area contributed by atoms with Crippen molar-refractivity contribution in [3.05, 3.63) is 163 Å². The minimum absolute atomic E-state index is 0.990. The van der Waals surface area contributed by atoms with Gasteiger partial charge in [-0.3, -0.25) is 0 Å². The van der Waals surface area contributed by atoms with Crippen LogP contribution in [0.1, 0.15) is 12.0 Å². The zero-order chi connectivity index (χ0) is 27.2. The molecule has 0 N–H and O–H groups in total. The first-order valence-corrected chi connectivity index (χ1v) is 14.4. The van der Waals surface area contributed by atoms with E-state index in [-0.39, 0.29) is 0 Å². The van der Waals surface area contributed by atoms with Crippen LogP contribution >= 0.6 is 0 Å². The smallest absolute Gasteiger partial charge is 0.00139 e. The highest BCUT2D eigenvalue weighted by Gasteiger charge is 2.22. The third-order valence-corrected chi connectivity index (χ3v) is 8.46. The molecular formula is C41H28. The molecule has 0 amide bonds. The Balaban J connectivity index is 1.59. The number of rotatable bonds is 4. The summed E-state index contributed by atoms with van der Waals surface area (Å²) in [5, 5.41) is 7.72. The lowest BCUT2D eigenvalue weighted by atomic mass is 9.80. The van der Waals surface area contributed by atoms with E-state index in [4.69, 9.17) is 0 Å². The topological polar surface area (TPSA) is 0 Å². The van der Waals surface area contributed by atoms with Crippen molar-refractivity contribution in [3.8, 4) is 33.4 Å². The Labute approximate surface area is 240 Å². The molecule has 0 heterocycles. The van der Waals surface area contributed by atoms with E-state index in [2.05, 4.69) is 158 Å². The summed E-state index contributed by atoms with van der Waals surface area (Å²) in [5.41, 5.74) is 10.2. The van der Waals surface area contributed by atoms with E-state index in [1.807, 2.05) is 0 Å². The molecule has 0 aliphatic heterocycles. The van der Waals surface area contributed by atoms with E-state index in [1.54, 1.807) is 0 Å². The van der Waals surface area contributed by atoms with Gasteiger partial charge in [-0.15, -0.1) is 0 Å². The van der Waals surface area contributed by atoms with Crippen LogP contribution < -0.4 is 0 Å². The molecule has 0 heteroatoms. The summed E-state index contributed by atoms with van der Waals surface area (Å²) < 4.78 is 0. The highest BCUT2D eigenvalue weighted by Crippen LogP contribution is 2.49. The van der Waals surface area contributed by atoms with E-state index < -0.39 is 0 Å². The Bertz CT molecular complexity index is 2090. The molecule has 0 bridgehead atoms. The van der Waals surface area contributed by atoms with Gasteiger partial charge in [-0.05, 0) is 89.3 Å². The fourth-order valence-corrected chi connectivity index (χ4v) is 6.70. The second kappa shape index (κ2) is 9.77. The second-order valence-corrected chi connectivity index (χ2v) is 10.8. The lowest BCUT2D eigenvalue weighted by Crippen LogP contribution is -1.96. The summed E-state index contributed by atoms with van der Waals surface area (Å²) in [7, 11) is 0. The van der Waals surface area contributed by atoms with Crippen LogP contribution in [0.25, 0.3) is 71.3 Å². The van der Waals surface area contributed by atoms with E-state index in [1.165, 1.54) is 76.8 Å². The summed E-state index contributed by atoms with van der Waals surface area (Å²) in [6, 6.07) is 51.0. The van der Waals surface area contributed by atoms with Crippen molar-refractivity contribution in [2.45, 2.75) is 6.42 Å². The van der Waals surface area contributed by atoms with Crippen LogP contribution in [0.5, 0.6) is 0 Å². The molecule has 0 saturated carbocycles. The van der Waals surface area contributed by atoms with Gasteiger partial charge in [0.15, 0.2) is 0 Å². The molecule has 8 rings (SSSR count). The molecule has 0 unspecified atom stereocenters. The van der Waals surface area contributed by atoms with Crippen LogP contribution in [0.15, 0.2) is 158 Å². The molecule has 192 valence electrons. The fraction of sp³-hybridized carbons (Fsp3) is 0.0244. The van der Waals surface area contributed by atoms with Gasteiger partial charge in [0, 0.05) is 0 Å². The third kappa shape index (κ3) is 3.84. The average molecular weight is 521 g/mol. The van der Waals surface area contributed by atoms with E-state index in [0.29, 0.717) is 0 Å². The van der Waals surface area contributed by atoms with E-state index >= 15 is 0 Å². The lowest BCUT2D eigenvalue weighted by Gasteiger charge is -2.22. The minimum Gasteiger partial charge on any atom is -0.0801 e. The van der Waals surface area contributed by atoms with Crippen LogP contribution in [-0.2, 0) is 0 Å². The molecule has 0 fully saturated rings. The molecule has 7 aromatic carbocycles. The van der Waals surface area contributed by atoms with Crippen LogP contribution in [0.4, 0.5) is 0 Å². The van der Waals surface area contributed by atoms with Crippen LogP contribution in [0.2, 0.25) is 0 Å². The largest absolute Gasteiger partial charge is 0.0801 e. The van der Waals surface area contributed by atoms with E-state index in [0.717, 1.165) is 6.42 Å². The van der Waals surface area contributed by atoms with Gasteiger partial charge < -0.3 is 0 Å². The first-order valence-electron chi connectivity index (χ1n) is 14.4. The van der Waals surface area contributed by atoms with Gasteiger partial charge in [-0.1, -0.05) is 152 Å². The maximum Gasteiger partial charge on any atom is -0.00139 e. The highest BCUT2D eigenvalue weighted by molar-refractivity contribution is 6.24. The molecule has 7 aromatic rings. The Hall–Kier alpha value is -5.20. The molecule has 41 heavy (non-hydrogen) atoms. The molecule has 0 aromatic heterocycles. The highest BCUT2D eigenvalue weighted by atomic mass is 14.3. The summed E-state index contributed by atoms with van der Waals surface area (Å²) in [4.78, 5) is 0. The quantitative estimate of drug-likeness (QED) is 0.202. The average Bonchev–Trinajstić information content (AvgIpc) is 3.58. The Kier molecular flexibility index (Phi) is 5.64. The predicted molar refractivity (Wildman–Crippen MR) is 177 cm³/mol. The maximum absolute atomic E-state index is 2.42. The molecule has 0 nitrogen and oxygen atoms in total. The second-order valence-electron chi connectivity index (χ2n) is 10.8. The Morgan fingerprint density at radius 3 is 1.32 bits per heavy atom. The predicted octanol–water partition coefficient (Wildman–Crippen LogP) is 11.5. The molecule has 0 spiro atoms. The molecule has 1 aliphatic rings. The number of hydrogen-bond donors (Lipinski definition) is 0. The van der Waals surface area contributed by atoms with Crippen LogP contribution in [0.3, 0.4) is 0 Å². The standard InChI is InChI=1S/C41H28/c1-3-15-28(16-4-1)37-27-38(29-17-5-2-6-18-29)41(32-22-10-9-21-31(32)37)40-35-25-13-11-23-33(35)39(30-19-7-8-20-30)34-24-12-14-26-36(34)40/h1-7,9-27H,8H2. The summed E-state index contributed by atoms with van der Waals surface area (Å²) in [5.74, 6) is 0. The first kappa shape index (κ1) is 23.7. The van der Waals surface area contributed by atoms with Gasteiger partial charge in [-0.25, -0.2) is 0 Å². The Morgan fingerprint density at radius 1 is 0.366 bits per heavy atom. The number of fused-ring (bicyclic) bond motifs is 3. The summed E-state index contributed by atoms with van der Waals surface area (Å²) >= 11 is 0. The van der Waals surface area contributed by atoms with Gasteiger partial charge in [0.2, 0.25) is 0 Å². The van der Waals surface area contributed by atoms with Gasteiger partial charge in [0.25, 0.3) is 0 Å². The molecule has 1 aliphatic carbocycles. The van der Waals surface area contributed by atoms with Gasteiger partial charge in [-0.2, -0.15) is 0 Å². The number of hydrogen-bond acceptors (Lipinski definition) is 0. The van der Waals surface area contributed by atoms with Crippen LogP contribution in [-0.4, -0.2) is 0 Å². The summed E-state index contributed by atoms with van der Waals surface area (Å²) in [6.45, 7) is 0. The maximum atomic E-state index is 2.42. The number of benzene rings is 7. The first-order chi connectivity index (χ1) is 20.4.